The summed E-state index contributed by atoms with van der Waals surface area (Å²) in [7, 11) is 0. The number of halogens is 1. The minimum atomic E-state index is -0.239. The summed E-state index contributed by atoms with van der Waals surface area (Å²) in [5.74, 6) is -0.239. The number of fused-ring (bicyclic) bond motifs is 1. The number of nitrogens with zero attached hydrogens (tertiary/aromatic N) is 1. The number of nitrogens with one attached hydrogen (secondary N) is 1. The molecule has 1 aromatic heterocycles. The van der Waals surface area contributed by atoms with Crippen molar-refractivity contribution in [1.29, 1.82) is 5.26 Å². The molecule has 0 aliphatic rings. The van der Waals surface area contributed by atoms with Gasteiger partial charge < -0.3 is 4.98 Å². The maximum atomic E-state index is 14.0. The van der Waals surface area contributed by atoms with Crippen LogP contribution in [0.5, 0.6) is 0 Å². The molecule has 3 aromatic carbocycles. The average Bonchev–Trinajstić information content (AvgIpc) is 3.04. The van der Waals surface area contributed by atoms with E-state index in [1.807, 2.05) is 49.4 Å². The lowest BCUT2D eigenvalue weighted by atomic mass is 9.98. The zero-order valence-corrected chi connectivity index (χ0v) is 13.7. The van der Waals surface area contributed by atoms with Gasteiger partial charge in [0.1, 0.15) is 5.82 Å². The average molecular weight is 326 g/mol. The van der Waals surface area contributed by atoms with E-state index in [1.54, 1.807) is 12.1 Å². The second-order valence-corrected chi connectivity index (χ2v) is 6.11. The van der Waals surface area contributed by atoms with Crippen LogP contribution in [-0.2, 0) is 0 Å². The van der Waals surface area contributed by atoms with Gasteiger partial charge in [-0.3, -0.25) is 0 Å². The number of benzene rings is 3. The summed E-state index contributed by atoms with van der Waals surface area (Å²) in [5, 5.41) is 10.0. The van der Waals surface area contributed by atoms with E-state index in [2.05, 4.69) is 17.1 Å². The first-order valence-corrected chi connectivity index (χ1v) is 8.04. The van der Waals surface area contributed by atoms with Crippen molar-refractivity contribution in [2.24, 2.45) is 0 Å². The summed E-state index contributed by atoms with van der Waals surface area (Å²) in [6.07, 6.45) is 0. The number of hydrogen-bond acceptors (Lipinski definition) is 1. The molecular formula is C22H15FN2. The zero-order valence-electron chi connectivity index (χ0n) is 13.7. The van der Waals surface area contributed by atoms with Gasteiger partial charge in [-0.05, 0) is 66.1 Å². The van der Waals surface area contributed by atoms with Gasteiger partial charge in [0.25, 0.3) is 0 Å². The molecule has 0 amide bonds. The van der Waals surface area contributed by atoms with E-state index in [1.165, 1.54) is 6.07 Å². The summed E-state index contributed by atoms with van der Waals surface area (Å²) < 4.78 is 14.0. The van der Waals surface area contributed by atoms with Gasteiger partial charge in [0.2, 0.25) is 0 Å². The van der Waals surface area contributed by atoms with Crippen LogP contribution in [0.15, 0.2) is 66.7 Å². The normalized spacial score (nSPS) is 10.8. The van der Waals surface area contributed by atoms with E-state index in [0.29, 0.717) is 11.1 Å². The van der Waals surface area contributed by atoms with E-state index in [-0.39, 0.29) is 5.82 Å². The molecule has 0 bridgehead atoms. The van der Waals surface area contributed by atoms with Gasteiger partial charge in [0, 0.05) is 22.2 Å². The monoisotopic (exact) mass is 326 g/mol. The van der Waals surface area contributed by atoms with E-state index >= 15 is 0 Å². The predicted molar refractivity (Wildman–Crippen MR) is 98.6 cm³/mol. The van der Waals surface area contributed by atoms with E-state index in [0.717, 1.165) is 33.3 Å². The number of rotatable bonds is 2. The first kappa shape index (κ1) is 15.2. The molecule has 4 aromatic rings. The Morgan fingerprint density at radius 2 is 1.76 bits per heavy atom. The molecule has 0 saturated carbocycles. The minimum absolute atomic E-state index is 0.239. The molecule has 0 radical (unpaired) electrons. The summed E-state index contributed by atoms with van der Waals surface area (Å²) in [6.45, 7) is 2.00. The number of nitriles is 1. The SMILES string of the molecule is Cc1cc(C#N)ccc1-c1ccc2[nH]c(-c3ccccc3F)cc2c1. The second kappa shape index (κ2) is 5.92. The molecule has 0 fully saturated rings. The van der Waals surface area contributed by atoms with Crippen molar-refractivity contribution in [3.63, 3.8) is 0 Å². The Balaban J connectivity index is 1.82. The third-order valence-corrected chi connectivity index (χ3v) is 4.45. The fourth-order valence-corrected chi connectivity index (χ4v) is 3.18. The molecule has 0 aliphatic carbocycles. The van der Waals surface area contributed by atoms with Crippen LogP contribution in [0.2, 0.25) is 0 Å². The first-order valence-electron chi connectivity index (χ1n) is 8.04. The molecule has 3 heteroatoms. The fourth-order valence-electron chi connectivity index (χ4n) is 3.18. The van der Waals surface area contributed by atoms with Gasteiger partial charge in [0.05, 0.1) is 11.6 Å². The number of H-pyrrole nitrogens is 1. The van der Waals surface area contributed by atoms with Gasteiger partial charge in [-0.15, -0.1) is 0 Å². The highest BCUT2D eigenvalue weighted by atomic mass is 19.1. The lowest BCUT2D eigenvalue weighted by Gasteiger charge is -2.06. The largest absolute Gasteiger partial charge is 0.354 e. The molecular weight excluding hydrogens is 311 g/mol. The van der Waals surface area contributed by atoms with Crippen LogP contribution in [0, 0.1) is 24.1 Å². The molecule has 4 rings (SSSR count). The van der Waals surface area contributed by atoms with Crippen molar-refractivity contribution in [3.8, 4) is 28.5 Å². The van der Waals surface area contributed by atoms with Crippen molar-refractivity contribution in [2.45, 2.75) is 6.92 Å². The number of aryl methyl sites for hydroxylation is 1. The predicted octanol–water partition coefficient (Wildman–Crippen LogP) is 5.82. The summed E-state index contributed by atoms with van der Waals surface area (Å²) >= 11 is 0. The molecule has 0 aliphatic heterocycles. The fraction of sp³-hybridized carbons (Fsp3) is 0.0455. The standard InChI is InChI=1S/C22H15FN2/c1-14-10-15(13-24)6-8-18(14)16-7-9-21-17(11-16)12-22(25-21)19-4-2-3-5-20(19)23/h2-12,25H,1H3. The van der Waals surface area contributed by atoms with Crippen molar-refractivity contribution < 1.29 is 4.39 Å². The van der Waals surface area contributed by atoms with Crippen molar-refractivity contribution in [3.05, 3.63) is 83.7 Å². The van der Waals surface area contributed by atoms with Crippen LogP contribution in [0.25, 0.3) is 33.3 Å². The molecule has 25 heavy (non-hydrogen) atoms. The quantitative estimate of drug-likeness (QED) is 0.495. The van der Waals surface area contributed by atoms with Gasteiger partial charge in [0.15, 0.2) is 0 Å². The number of hydrogen-bond donors (Lipinski definition) is 1. The van der Waals surface area contributed by atoms with E-state index < -0.39 is 0 Å². The molecule has 120 valence electrons. The van der Waals surface area contributed by atoms with Gasteiger partial charge in [-0.1, -0.05) is 24.3 Å². The van der Waals surface area contributed by atoms with E-state index in [4.69, 9.17) is 5.26 Å². The first-order chi connectivity index (χ1) is 12.2. The van der Waals surface area contributed by atoms with Crippen LogP contribution in [0.1, 0.15) is 11.1 Å². The smallest absolute Gasteiger partial charge is 0.132 e. The van der Waals surface area contributed by atoms with Crippen LogP contribution in [0.3, 0.4) is 0 Å². The highest BCUT2D eigenvalue weighted by Gasteiger charge is 2.09. The third-order valence-electron chi connectivity index (χ3n) is 4.45. The van der Waals surface area contributed by atoms with Gasteiger partial charge in [-0.25, -0.2) is 4.39 Å². The molecule has 1 heterocycles. The Kier molecular flexibility index (Phi) is 3.59. The Bertz CT molecular complexity index is 1130. The topological polar surface area (TPSA) is 39.6 Å². The van der Waals surface area contributed by atoms with Crippen LogP contribution < -0.4 is 0 Å². The molecule has 0 spiro atoms. The number of aromatic nitrogens is 1. The van der Waals surface area contributed by atoms with Crippen LogP contribution >= 0.6 is 0 Å². The van der Waals surface area contributed by atoms with Crippen molar-refractivity contribution >= 4 is 10.9 Å². The minimum Gasteiger partial charge on any atom is -0.354 e. The maximum absolute atomic E-state index is 14.0. The highest BCUT2D eigenvalue weighted by molar-refractivity contribution is 5.90. The summed E-state index contributed by atoms with van der Waals surface area (Å²) in [6, 6.07) is 22.7. The van der Waals surface area contributed by atoms with Crippen molar-refractivity contribution in [2.75, 3.05) is 0 Å². The van der Waals surface area contributed by atoms with Crippen molar-refractivity contribution in [1.82, 2.24) is 4.98 Å². The number of aromatic amines is 1. The Morgan fingerprint density at radius 1 is 0.920 bits per heavy atom. The van der Waals surface area contributed by atoms with Gasteiger partial charge >= 0.3 is 0 Å². The molecule has 0 saturated heterocycles. The van der Waals surface area contributed by atoms with Crippen LogP contribution in [-0.4, -0.2) is 4.98 Å². The highest BCUT2D eigenvalue weighted by Crippen LogP contribution is 2.31. The Morgan fingerprint density at radius 3 is 2.52 bits per heavy atom. The molecule has 0 unspecified atom stereocenters. The van der Waals surface area contributed by atoms with Gasteiger partial charge in [-0.2, -0.15) is 5.26 Å². The Labute approximate surface area is 145 Å². The lowest BCUT2D eigenvalue weighted by molar-refractivity contribution is 0.631. The molecule has 2 nitrogen and oxygen atoms in total. The summed E-state index contributed by atoms with van der Waals surface area (Å²) in [5.41, 5.74) is 6.18. The molecule has 1 N–H and O–H groups in total. The third kappa shape index (κ3) is 2.68. The summed E-state index contributed by atoms with van der Waals surface area (Å²) in [4.78, 5) is 3.28. The molecule has 0 atom stereocenters. The second-order valence-electron chi connectivity index (χ2n) is 6.11. The maximum Gasteiger partial charge on any atom is 0.132 e. The Hall–Kier alpha value is -3.38. The van der Waals surface area contributed by atoms with Crippen LogP contribution in [0.4, 0.5) is 4.39 Å². The lowest BCUT2D eigenvalue weighted by Crippen LogP contribution is -1.85. The van der Waals surface area contributed by atoms with E-state index in [9.17, 15) is 4.39 Å². The zero-order chi connectivity index (χ0) is 17.4.